The van der Waals surface area contributed by atoms with Crippen LogP contribution >= 0.6 is 12.4 Å². The van der Waals surface area contributed by atoms with Crippen LogP contribution in [0.5, 0.6) is 5.75 Å². The average molecular weight is 272 g/mol. The number of carbonyl (C=O) groups is 1. The van der Waals surface area contributed by atoms with Crippen molar-refractivity contribution >= 4 is 18.4 Å². The summed E-state index contributed by atoms with van der Waals surface area (Å²) in [6.07, 6.45) is 0.542. The van der Waals surface area contributed by atoms with E-state index in [1.165, 1.54) is 7.11 Å². The Morgan fingerprint density at radius 2 is 2.17 bits per heavy atom. The lowest BCUT2D eigenvalue weighted by atomic mass is 9.82. The van der Waals surface area contributed by atoms with Gasteiger partial charge < -0.3 is 9.84 Å². The summed E-state index contributed by atoms with van der Waals surface area (Å²) in [5.74, 6) is -0.0443. The quantitative estimate of drug-likeness (QED) is 0.764. The summed E-state index contributed by atoms with van der Waals surface area (Å²) in [4.78, 5) is 11.6. The molecule has 2 N–H and O–H groups in total. The first-order valence-electron chi connectivity index (χ1n) is 5.62. The third-order valence-electron chi connectivity index (χ3n) is 3.21. The second-order valence-corrected chi connectivity index (χ2v) is 4.89. The predicted molar refractivity (Wildman–Crippen MR) is 71.0 cm³/mol. The van der Waals surface area contributed by atoms with E-state index < -0.39 is 0 Å². The number of rotatable bonds is 1. The molecule has 0 radical (unpaired) electrons. The molecule has 100 valence electrons. The largest absolute Gasteiger partial charge is 0.508 e. The molecule has 0 saturated heterocycles. The van der Waals surface area contributed by atoms with Gasteiger partial charge in [-0.05, 0) is 43.5 Å². The molecule has 1 aliphatic rings. The molecule has 4 nitrogen and oxygen atoms in total. The molecule has 0 saturated carbocycles. The van der Waals surface area contributed by atoms with Crippen LogP contribution in [-0.4, -0.2) is 24.2 Å². The summed E-state index contributed by atoms with van der Waals surface area (Å²) in [6.45, 7) is 4.02. The van der Waals surface area contributed by atoms with Crippen LogP contribution in [0.4, 0.5) is 0 Å². The van der Waals surface area contributed by atoms with Crippen LogP contribution in [0.2, 0.25) is 0 Å². The predicted octanol–water partition coefficient (Wildman–Crippen LogP) is 1.74. The number of phenolic OH excluding ortho intramolecular Hbond substituents is 1. The van der Waals surface area contributed by atoms with Gasteiger partial charge in [-0.15, -0.1) is 12.4 Å². The second kappa shape index (κ2) is 5.16. The molecule has 5 heteroatoms. The number of phenols is 1. The van der Waals surface area contributed by atoms with Crippen molar-refractivity contribution in [3.8, 4) is 5.75 Å². The Morgan fingerprint density at radius 1 is 1.50 bits per heavy atom. The molecule has 0 amide bonds. The van der Waals surface area contributed by atoms with E-state index in [4.69, 9.17) is 4.74 Å². The molecule has 0 spiro atoms. The van der Waals surface area contributed by atoms with E-state index in [0.29, 0.717) is 6.42 Å². The summed E-state index contributed by atoms with van der Waals surface area (Å²) in [5.41, 5.74) is 1.79. The molecule has 0 fully saturated rings. The van der Waals surface area contributed by atoms with Crippen molar-refractivity contribution in [2.45, 2.75) is 31.8 Å². The third kappa shape index (κ3) is 2.60. The van der Waals surface area contributed by atoms with E-state index in [1.807, 2.05) is 19.9 Å². The first-order valence-corrected chi connectivity index (χ1v) is 5.62. The molecule has 1 unspecified atom stereocenters. The highest BCUT2D eigenvalue weighted by Gasteiger charge is 2.35. The molecule has 0 aromatic heterocycles. The van der Waals surface area contributed by atoms with Crippen LogP contribution in [0.15, 0.2) is 18.2 Å². The highest BCUT2D eigenvalue weighted by atomic mass is 35.5. The monoisotopic (exact) mass is 271 g/mol. The maximum Gasteiger partial charge on any atom is 0.323 e. The standard InChI is InChI=1S/C13H17NO3.ClH/c1-13(2)10-5-4-9(15)6-8(10)7-11(14-13)12(16)17-3;/h4-6,11,14-15H,7H2,1-3H3;1H. The van der Waals surface area contributed by atoms with E-state index >= 15 is 0 Å². The number of esters is 1. The number of methoxy groups -OCH3 is 1. The number of hydrogen-bond acceptors (Lipinski definition) is 4. The van der Waals surface area contributed by atoms with Crippen molar-refractivity contribution in [1.82, 2.24) is 5.32 Å². The summed E-state index contributed by atoms with van der Waals surface area (Å²) >= 11 is 0. The van der Waals surface area contributed by atoms with Gasteiger partial charge in [-0.3, -0.25) is 10.1 Å². The van der Waals surface area contributed by atoms with E-state index in [2.05, 4.69) is 5.32 Å². The lowest BCUT2D eigenvalue weighted by Crippen LogP contribution is -2.53. The summed E-state index contributed by atoms with van der Waals surface area (Å²) in [6, 6.07) is 4.92. The fraction of sp³-hybridized carbons (Fsp3) is 0.462. The van der Waals surface area contributed by atoms with E-state index in [9.17, 15) is 9.90 Å². The number of nitrogens with one attached hydrogen (secondary N) is 1. The number of benzene rings is 1. The minimum absolute atomic E-state index is 0. The number of halogens is 1. The zero-order valence-electron chi connectivity index (χ0n) is 10.7. The smallest absolute Gasteiger partial charge is 0.323 e. The Morgan fingerprint density at radius 3 is 2.78 bits per heavy atom. The molecule has 18 heavy (non-hydrogen) atoms. The molecule has 1 atom stereocenters. The lowest BCUT2D eigenvalue weighted by Gasteiger charge is -2.37. The molecule has 1 aromatic carbocycles. The topological polar surface area (TPSA) is 58.6 Å². The van der Waals surface area contributed by atoms with E-state index in [0.717, 1.165) is 11.1 Å². The third-order valence-corrected chi connectivity index (χ3v) is 3.21. The molecule has 2 rings (SSSR count). The SMILES string of the molecule is COC(=O)C1Cc2cc(O)ccc2C(C)(C)N1.Cl. The van der Waals surface area contributed by atoms with Crippen LogP contribution in [0.3, 0.4) is 0 Å². The number of carbonyl (C=O) groups excluding carboxylic acids is 1. The van der Waals surface area contributed by atoms with Crippen LogP contribution in [0, 0.1) is 0 Å². The number of hydrogen-bond donors (Lipinski definition) is 2. The summed E-state index contributed by atoms with van der Waals surface area (Å²) < 4.78 is 4.76. The van der Waals surface area contributed by atoms with Gasteiger partial charge in [0.2, 0.25) is 0 Å². The van der Waals surface area contributed by atoms with Crippen LogP contribution in [0.25, 0.3) is 0 Å². The molecule has 1 aromatic rings. The summed E-state index contributed by atoms with van der Waals surface area (Å²) in [5, 5.41) is 12.8. The van der Waals surface area contributed by atoms with Gasteiger partial charge in [0.15, 0.2) is 0 Å². The fourth-order valence-electron chi connectivity index (χ4n) is 2.43. The van der Waals surface area contributed by atoms with Crippen molar-refractivity contribution in [3.05, 3.63) is 29.3 Å². The van der Waals surface area contributed by atoms with Gasteiger partial charge in [-0.1, -0.05) is 6.07 Å². The zero-order chi connectivity index (χ0) is 12.6. The number of fused-ring (bicyclic) bond motifs is 1. The van der Waals surface area contributed by atoms with Gasteiger partial charge in [0, 0.05) is 5.54 Å². The molecular weight excluding hydrogens is 254 g/mol. The number of aromatic hydroxyl groups is 1. The van der Waals surface area contributed by atoms with Gasteiger partial charge in [-0.2, -0.15) is 0 Å². The lowest BCUT2D eigenvalue weighted by molar-refractivity contribution is -0.144. The Balaban J connectivity index is 0.00000162. The van der Waals surface area contributed by atoms with E-state index in [1.54, 1.807) is 12.1 Å². The highest BCUT2D eigenvalue weighted by Crippen LogP contribution is 2.32. The zero-order valence-corrected chi connectivity index (χ0v) is 11.5. The van der Waals surface area contributed by atoms with Crippen molar-refractivity contribution in [1.29, 1.82) is 0 Å². The van der Waals surface area contributed by atoms with Crippen molar-refractivity contribution in [2.75, 3.05) is 7.11 Å². The Labute approximate surface area is 113 Å². The molecule has 0 aliphatic carbocycles. The van der Waals surface area contributed by atoms with Crippen LogP contribution < -0.4 is 5.32 Å². The normalized spacial score (nSPS) is 20.5. The summed E-state index contributed by atoms with van der Waals surface area (Å²) in [7, 11) is 1.38. The number of ether oxygens (including phenoxy) is 1. The molecule has 1 aliphatic heterocycles. The maximum atomic E-state index is 11.6. The van der Waals surface area contributed by atoms with Crippen LogP contribution in [0.1, 0.15) is 25.0 Å². The fourth-order valence-corrected chi connectivity index (χ4v) is 2.43. The van der Waals surface area contributed by atoms with Crippen molar-refractivity contribution < 1.29 is 14.6 Å². The second-order valence-electron chi connectivity index (χ2n) is 4.89. The average Bonchev–Trinajstić information content (AvgIpc) is 2.26. The first kappa shape index (κ1) is 14.8. The van der Waals surface area contributed by atoms with Crippen LogP contribution in [-0.2, 0) is 21.5 Å². The van der Waals surface area contributed by atoms with Crippen molar-refractivity contribution in [2.24, 2.45) is 0 Å². The minimum Gasteiger partial charge on any atom is -0.508 e. The maximum absolute atomic E-state index is 11.6. The van der Waals surface area contributed by atoms with Gasteiger partial charge >= 0.3 is 5.97 Å². The first-order chi connectivity index (χ1) is 7.94. The van der Waals surface area contributed by atoms with E-state index in [-0.39, 0.29) is 35.7 Å². The molecular formula is C13H18ClNO3. The Bertz CT molecular complexity index is 460. The van der Waals surface area contributed by atoms with Crippen molar-refractivity contribution in [3.63, 3.8) is 0 Å². The van der Waals surface area contributed by atoms with Gasteiger partial charge in [0.25, 0.3) is 0 Å². The molecule has 1 heterocycles. The minimum atomic E-state index is -0.357. The van der Waals surface area contributed by atoms with Gasteiger partial charge in [-0.25, -0.2) is 0 Å². The Hall–Kier alpha value is -1.26. The molecule has 0 bridgehead atoms. The van der Waals surface area contributed by atoms with Gasteiger partial charge in [0.05, 0.1) is 7.11 Å². The Kier molecular flexibility index (Phi) is 4.24. The highest BCUT2D eigenvalue weighted by molar-refractivity contribution is 5.85. The van der Waals surface area contributed by atoms with Gasteiger partial charge in [0.1, 0.15) is 11.8 Å².